The van der Waals surface area contributed by atoms with Crippen molar-refractivity contribution in [3.05, 3.63) is 120 Å². The van der Waals surface area contributed by atoms with Crippen LogP contribution >= 0.6 is 0 Å². The van der Waals surface area contributed by atoms with Crippen LogP contribution in [0.25, 0.3) is 0 Å². The molecule has 0 saturated heterocycles. The number of nitrogens with zero attached hydrogens (tertiary/aromatic N) is 1. The number of hydrogen-bond acceptors (Lipinski definition) is 5. The van der Waals surface area contributed by atoms with E-state index in [1.54, 1.807) is 0 Å². The highest BCUT2D eigenvalue weighted by molar-refractivity contribution is 5.64. The Labute approximate surface area is 208 Å². The minimum Gasteiger partial charge on any atom is -0.375 e. The SMILES string of the molecule is CN(CCOCc1ccccc1)C(COCc1ccccc1)C(/C=C\C=O)OCc1ccccc1. The lowest BCUT2D eigenvalue weighted by Crippen LogP contribution is -2.46. The maximum Gasteiger partial charge on any atom is 0.142 e. The average Bonchev–Trinajstić information content (AvgIpc) is 2.91. The third-order valence-electron chi connectivity index (χ3n) is 5.71. The Hall–Kier alpha value is -3.09. The zero-order chi connectivity index (χ0) is 24.6. The number of carbonyl (C=O) groups excluding carboxylic acids is 1. The molecule has 0 aliphatic rings. The van der Waals surface area contributed by atoms with Crippen LogP contribution in [0.1, 0.15) is 16.7 Å². The lowest BCUT2D eigenvalue weighted by molar-refractivity contribution is -0.104. The van der Waals surface area contributed by atoms with E-state index >= 15 is 0 Å². The highest BCUT2D eigenvalue weighted by Gasteiger charge is 2.25. The first-order chi connectivity index (χ1) is 17.3. The monoisotopic (exact) mass is 473 g/mol. The van der Waals surface area contributed by atoms with Crippen LogP contribution in [0.4, 0.5) is 0 Å². The van der Waals surface area contributed by atoms with Crippen LogP contribution in [-0.2, 0) is 38.8 Å². The van der Waals surface area contributed by atoms with Gasteiger partial charge >= 0.3 is 0 Å². The second-order valence-corrected chi connectivity index (χ2v) is 8.37. The average molecular weight is 474 g/mol. The normalized spacial score (nSPS) is 13.2. The van der Waals surface area contributed by atoms with E-state index in [1.807, 2.05) is 92.0 Å². The van der Waals surface area contributed by atoms with Crippen LogP contribution in [0.15, 0.2) is 103 Å². The van der Waals surface area contributed by atoms with Crippen molar-refractivity contribution in [2.24, 2.45) is 0 Å². The van der Waals surface area contributed by atoms with Crippen molar-refractivity contribution >= 4 is 6.29 Å². The number of carbonyl (C=O) groups is 1. The van der Waals surface area contributed by atoms with E-state index in [-0.39, 0.29) is 12.1 Å². The number of likely N-dealkylation sites (N-methyl/N-ethyl adjacent to an activating group) is 1. The first kappa shape index (κ1) is 26.5. The van der Waals surface area contributed by atoms with E-state index < -0.39 is 0 Å². The van der Waals surface area contributed by atoms with Gasteiger partial charge in [0.05, 0.1) is 45.2 Å². The van der Waals surface area contributed by atoms with E-state index in [0.717, 1.165) is 23.0 Å². The first-order valence-corrected chi connectivity index (χ1v) is 12.0. The van der Waals surface area contributed by atoms with Crippen LogP contribution in [-0.4, -0.2) is 50.1 Å². The molecule has 5 nitrogen and oxygen atoms in total. The first-order valence-electron chi connectivity index (χ1n) is 12.0. The molecule has 0 radical (unpaired) electrons. The minimum atomic E-state index is -0.324. The topological polar surface area (TPSA) is 48.0 Å². The van der Waals surface area contributed by atoms with Crippen molar-refractivity contribution in [2.75, 3.05) is 26.8 Å². The van der Waals surface area contributed by atoms with E-state index in [0.29, 0.717) is 39.6 Å². The summed E-state index contributed by atoms with van der Waals surface area (Å²) in [7, 11) is 2.04. The molecule has 2 unspecified atom stereocenters. The summed E-state index contributed by atoms with van der Waals surface area (Å²) in [5.74, 6) is 0. The quantitative estimate of drug-likeness (QED) is 0.165. The number of rotatable bonds is 16. The van der Waals surface area contributed by atoms with Gasteiger partial charge < -0.3 is 14.2 Å². The molecule has 0 amide bonds. The van der Waals surface area contributed by atoms with E-state index in [9.17, 15) is 4.79 Å². The molecule has 0 N–H and O–H groups in total. The van der Waals surface area contributed by atoms with Gasteiger partial charge in [0, 0.05) is 6.54 Å². The zero-order valence-corrected chi connectivity index (χ0v) is 20.4. The molecule has 2 atom stereocenters. The molecule has 184 valence electrons. The Morgan fingerprint density at radius 1 is 0.743 bits per heavy atom. The van der Waals surface area contributed by atoms with Gasteiger partial charge in [-0.2, -0.15) is 0 Å². The van der Waals surface area contributed by atoms with E-state index in [1.165, 1.54) is 6.08 Å². The molecular weight excluding hydrogens is 438 g/mol. The maximum atomic E-state index is 11.1. The lowest BCUT2D eigenvalue weighted by atomic mass is 10.1. The molecule has 0 fully saturated rings. The van der Waals surface area contributed by atoms with Crippen molar-refractivity contribution in [1.29, 1.82) is 0 Å². The molecular formula is C30H35NO4. The molecule has 0 aliphatic carbocycles. The third-order valence-corrected chi connectivity index (χ3v) is 5.71. The van der Waals surface area contributed by atoms with Gasteiger partial charge in [-0.25, -0.2) is 0 Å². The van der Waals surface area contributed by atoms with Gasteiger partial charge in [0.2, 0.25) is 0 Å². The highest BCUT2D eigenvalue weighted by atomic mass is 16.5. The Kier molecular flexibility index (Phi) is 11.9. The fourth-order valence-corrected chi connectivity index (χ4v) is 3.70. The van der Waals surface area contributed by atoms with E-state index in [2.05, 4.69) is 17.0 Å². The second kappa shape index (κ2) is 15.7. The van der Waals surface area contributed by atoms with Gasteiger partial charge in [0.1, 0.15) is 6.29 Å². The van der Waals surface area contributed by atoms with Crippen LogP contribution in [0.5, 0.6) is 0 Å². The summed E-state index contributed by atoms with van der Waals surface area (Å²) in [6.45, 7) is 3.26. The van der Waals surface area contributed by atoms with Crippen LogP contribution in [0.3, 0.4) is 0 Å². The number of benzene rings is 3. The van der Waals surface area contributed by atoms with Crippen LogP contribution in [0, 0.1) is 0 Å². The maximum absolute atomic E-state index is 11.1. The van der Waals surface area contributed by atoms with Crippen molar-refractivity contribution in [2.45, 2.75) is 32.0 Å². The Morgan fingerprint density at radius 2 is 1.26 bits per heavy atom. The fraction of sp³-hybridized carbons (Fsp3) is 0.300. The van der Waals surface area contributed by atoms with Crippen molar-refractivity contribution in [1.82, 2.24) is 4.90 Å². The molecule has 0 saturated carbocycles. The summed E-state index contributed by atoms with van der Waals surface area (Å²) < 4.78 is 18.3. The summed E-state index contributed by atoms with van der Waals surface area (Å²) in [6.07, 6.45) is 3.77. The molecule has 0 heterocycles. The van der Waals surface area contributed by atoms with Crippen molar-refractivity contribution < 1.29 is 19.0 Å². The van der Waals surface area contributed by atoms with Gasteiger partial charge in [-0.15, -0.1) is 0 Å². The number of aldehydes is 1. The van der Waals surface area contributed by atoms with E-state index in [4.69, 9.17) is 14.2 Å². The van der Waals surface area contributed by atoms with Crippen molar-refractivity contribution in [3.8, 4) is 0 Å². The van der Waals surface area contributed by atoms with Gasteiger partial charge in [-0.1, -0.05) is 97.1 Å². The lowest BCUT2D eigenvalue weighted by Gasteiger charge is -2.33. The second-order valence-electron chi connectivity index (χ2n) is 8.37. The standard InChI is InChI=1S/C30H35NO4/c1-31(19-21-33-22-26-12-5-2-6-13-26)29(25-34-23-27-14-7-3-8-15-27)30(18-11-20-32)35-24-28-16-9-4-10-17-28/h2-18,20,29-30H,19,21-25H2,1H3/b18-11-. The molecule has 5 heteroatoms. The Bertz CT molecular complexity index is 979. The number of allylic oxidation sites excluding steroid dienone is 1. The third kappa shape index (κ3) is 9.97. The molecule has 0 aliphatic heterocycles. The smallest absolute Gasteiger partial charge is 0.142 e. The summed E-state index contributed by atoms with van der Waals surface area (Å²) in [4.78, 5) is 13.3. The Morgan fingerprint density at radius 3 is 1.80 bits per heavy atom. The van der Waals surface area contributed by atoms with Gasteiger partial charge in [-0.3, -0.25) is 9.69 Å². The van der Waals surface area contributed by atoms with Crippen molar-refractivity contribution in [3.63, 3.8) is 0 Å². The minimum absolute atomic E-state index is 0.0982. The molecule has 3 aromatic rings. The number of ether oxygens (including phenoxy) is 3. The highest BCUT2D eigenvalue weighted by Crippen LogP contribution is 2.14. The molecule has 3 aromatic carbocycles. The molecule has 35 heavy (non-hydrogen) atoms. The van der Waals surface area contributed by atoms with Crippen LogP contribution in [0.2, 0.25) is 0 Å². The molecule has 0 bridgehead atoms. The molecule has 0 spiro atoms. The predicted molar refractivity (Wildman–Crippen MR) is 139 cm³/mol. The zero-order valence-electron chi connectivity index (χ0n) is 20.4. The summed E-state index contributed by atoms with van der Waals surface area (Å²) in [5, 5.41) is 0. The summed E-state index contributed by atoms with van der Waals surface area (Å²) in [6, 6.07) is 30.2. The van der Waals surface area contributed by atoms with Crippen LogP contribution < -0.4 is 0 Å². The molecule has 0 aromatic heterocycles. The number of hydrogen-bond donors (Lipinski definition) is 0. The Balaban J connectivity index is 1.62. The van der Waals surface area contributed by atoms with Gasteiger partial charge in [0.15, 0.2) is 0 Å². The summed E-state index contributed by atoms with van der Waals surface area (Å²) in [5.41, 5.74) is 3.34. The summed E-state index contributed by atoms with van der Waals surface area (Å²) >= 11 is 0. The fourth-order valence-electron chi connectivity index (χ4n) is 3.70. The largest absolute Gasteiger partial charge is 0.375 e. The van der Waals surface area contributed by atoms with Gasteiger partial charge in [0.25, 0.3) is 0 Å². The molecule has 3 rings (SSSR count). The van der Waals surface area contributed by atoms with Gasteiger partial charge in [-0.05, 0) is 29.8 Å². The predicted octanol–water partition coefficient (Wildman–Crippen LogP) is 5.06.